The third-order valence-corrected chi connectivity index (χ3v) is 2.84. The lowest BCUT2D eigenvalue weighted by Crippen LogP contribution is -2.36. The van der Waals surface area contributed by atoms with Gasteiger partial charge in [0, 0.05) is 5.69 Å². The number of benzene rings is 2. The average molecular weight is 254 g/mol. The van der Waals surface area contributed by atoms with Gasteiger partial charge in [0.15, 0.2) is 0 Å². The summed E-state index contributed by atoms with van der Waals surface area (Å²) < 4.78 is 0. The fourth-order valence-corrected chi connectivity index (χ4v) is 1.73. The van der Waals surface area contributed by atoms with Crippen LogP contribution in [0.5, 0.6) is 0 Å². The third kappa shape index (κ3) is 3.82. The van der Waals surface area contributed by atoms with Crippen molar-refractivity contribution in [1.82, 2.24) is 5.43 Å². The first kappa shape index (κ1) is 13.1. The molecule has 0 amide bonds. The van der Waals surface area contributed by atoms with Crippen LogP contribution in [-0.4, -0.2) is 5.96 Å². The molecule has 0 aliphatic heterocycles. The van der Waals surface area contributed by atoms with Gasteiger partial charge in [-0.3, -0.25) is 5.43 Å². The number of aliphatic imine (C=N–C) groups is 1. The van der Waals surface area contributed by atoms with E-state index in [2.05, 4.69) is 34.8 Å². The van der Waals surface area contributed by atoms with Crippen molar-refractivity contribution in [3.8, 4) is 0 Å². The van der Waals surface area contributed by atoms with Crippen LogP contribution in [0.1, 0.15) is 11.1 Å². The minimum absolute atomic E-state index is 0.550. The van der Waals surface area contributed by atoms with Gasteiger partial charge in [-0.2, -0.15) is 0 Å². The number of hydrogen-bond donors (Lipinski definition) is 3. The molecule has 4 N–H and O–H groups in total. The summed E-state index contributed by atoms with van der Waals surface area (Å²) in [5.41, 5.74) is 5.94. The predicted octanol–water partition coefficient (Wildman–Crippen LogP) is 2.43. The number of rotatable bonds is 3. The van der Waals surface area contributed by atoms with Crippen LogP contribution in [0.2, 0.25) is 0 Å². The number of nitrogens with one attached hydrogen (secondary N) is 2. The Labute approximate surface area is 113 Å². The molecule has 0 unspecified atom stereocenters. The van der Waals surface area contributed by atoms with E-state index in [0.29, 0.717) is 12.5 Å². The zero-order chi connectivity index (χ0) is 13.5. The standard InChI is InChI=1S/C15H18N4/c1-12-7-5-6-8-13(12)11-17-15(19-16)18-14-9-3-2-4-10-14/h2-10H,11,16H2,1H3,(H2,17,18,19). The molecule has 0 saturated heterocycles. The molecule has 0 fully saturated rings. The molecule has 0 heterocycles. The van der Waals surface area contributed by atoms with Gasteiger partial charge < -0.3 is 5.32 Å². The molecule has 0 aliphatic rings. The predicted molar refractivity (Wildman–Crippen MR) is 79.7 cm³/mol. The maximum absolute atomic E-state index is 5.48. The Hall–Kier alpha value is -2.33. The van der Waals surface area contributed by atoms with Crippen LogP contribution in [0.25, 0.3) is 0 Å². The van der Waals surface area contributed by atoms with Crippen molar-refractivity contribution in [3.05, 3.63) is 65.7 Å². The van der Waals surface area contributed by atoms with E-state index in [1.165, 1.54) is 11.1 Å². The minimum Gasteiger partial charge on any atom is -0.325 e. The number of para-hydroxylation sites is 1. The Morgan fingerprint density at radius 2 is 1.74 bits per heavy atom. The molecule has 0 spiro atoms. The molecule has 0 aromatic heterocycles. The number of nitrogens with zero attached hydrogens (tertiary/aromatic N) is 1. The number of nitrogens with two attached hydrogens (primary N) is 1. The molecule has 0 saturated carbocycles. The highest BCUT2D eigenvalue weighted by Crippen LogP contribution is 2.09. The van der Waals surface area contributed by atoms with Crippen molar-refractivity contribution in [2.75, 3.05) is 5.32 Å². The Bertz CT molecular complexity index is 549. The Kier molecular flexibility index (Phi) is 4.53. The average Bonchev–Trinajstić information content (AvgIpc) is 2.46. The van der Waals surface area contributed by atoms with Crippen molar-refractivity contribution < 1.29 is 0 Å². The summed E-state index contributed by atoms with van der Waals surface area (Å²) in [4.78, 5) is 4.44. The molecular weight excluding hydrogens is 236 g/mol. The SMILES string of the molecule is Cc1ccccc1CN=C(NN)Nc1ccccc1. The first-order valence-corrected chi connectivity index (χ1v) is 6.17. The number of hydrazine groups is 1. The maximum atomic E-state index is 5.48. The highest BCUT2D eigenvalue weighted by Gasteiger charge is 1.99. The van der Waals surface area contributed by atoms with Crippen LogP contribution >= 0.6 is 0 Å². The summed E-state index contributed by atoms with van der Waals surface area (Å²) in [5, 5.41) is 3.13. The molecule has 0 aliphatic carbocycles. The van der Waals surface area contributed by atoms with E-state index in [1.807, 2.05) is 42.5 Å². The molecule has 0 radical (unpaired) electrons. The van der Waals surface area contributed by atoms with E-state index in [0.717, 1.165) is 5.69 Å². The van der Waals surface area contributed by atoms with Crippen LogP contribution in [0.3, 0.4) is 0 Å². The van der Waals surface area contributed by atoms with Crippen molar-refractivity contribution in [1.29, 1.82) is 0 Å². The highest BCUT2D eigenvalue weighted by atomic mass is 15.3. The largest absolute Gasteiger partial charge is 0.325 e. The molecule has 2 rings (SSSR count). The molecule has 98 valence electrons. The van der Waals surface area contributed by atoms with Crippen LogP contribution in [-0.2, 0) is 6.54 Å². The monoisotopic (exact) mass is 254 g/mol. The van der Waals surface area contributed by atoms with Crippen LogP contribution in [0, 0.1) is 6.92 Å². The summed E-state index contributed by atoms with van der Waals surface area (Å²) in [5.74, 6) is 6.03. The van der Waals surface area contributed by atoms with Crippen molar-refractivity contribution in [2.24, 2.45) is 10.8 Å². The Balaban J connectivity index is 2.06. The number of hydrogen-bond acceptors (Lipinski definition) is 2. The second-order valence-corrected chi connectivity index (χ2v) is 4.23. The molecule has 2 aromatic carbocycles. The second-order valence-electron chi connectivity index (χ2n) is 4.23. The summed E-state index contributed by atoms with van der Waals surface area (Å²) >= 11 is 0. The Morgan fingerprint density at radius 3 is 2.42 bits per heavy atom. The van der Waals surface area contributed by atoms with E-state index in [9.17, 15) is 0 Å². The number of guanidine groups is 1. The maximum Gasteiger partial charge on any atom is 0.210 e. The first-order valence-electron chi connectivity index (χ1n) is 6.17. The highest BCUT2D eigenvalue weighted by molar-refractivity contribution is 5.93. The van der Waals surface area contributed by atoms with Crippen LogP contribution < -0.4 is 16.6 Å². The van der Waals surface area contributed by atoms with Crippen LogP contribution in [0.4, 0.5) is 5.69 Å². The number of aryl methyl sites for hydroxylation is 1. The molecule has 0 bridgehead atoms. The molecule has 2 aromatic rings. The number of anilines is 1. The molecule has 4 nitrogen and oxygen atoms in total. The smallest absolute Gasteiger partial charge is 0.210 e. The molecular formula is C15H18N4. The Morgan fingerprint density at radius 1 is 1.05 bits per heavy atom. The van der Waals surface area contributed by atoms with Gasteiger partial charge in [0.05, 0.1) is 6.54 Å². The van der Waals surface area contributed by atoms with Gasteiger partial charge in [-0.1, -0.05) is 42.5 Å². The lowest BCUT2D eigenvalue weighted by molar-refractivity contribution is 0.963. The van der Waals surface area contributed by atoms with E-state index in [-0.39, 0.29) is 0 Å². The minimum atomic E-state index is 0.550. The van der Waals surface area contributed by atoms with E-state index >= 15 is 0 Å². The summed E-state index contributed by atoms with van der Waals surface area (Å²) in [6.07, 6.45) is 0. The third-order valence-electron chi connectivity index (χ3n) is 2.84. The van der Waals surface area contributed by atoms with Crippen molar-refractivity contribution in [2.45, 2.75) is 13.5 Å². The van der Waals surface area contributed by atoms with Crippen molar-refractivity contribution >= 4 is 11.6 Å². The topological polar surface area (TPSA) is 62.4 Å². The van der Waals surface area contributed by atoms with Gasteiger partial charge in [-0.15, -0.1) is 0 Å². The summed E-state index contributed by atoms with van der Waals surface area (Å²) in [6.45, 7) is 2.66. The fraction of sp³-hybridized carbons (Fsp3) is 0.133. The van der Waals surface area contributed by atoms with Gasteiger partial charge in [-0.05, 0) is 30.2 Å². The lowest BCUT2D eigenvalue weighted by Gasteiger charge is -2.09. The normalized spacial score (nSPS) is 11.2. The molecule has 19 heavy (non-hydrogen) atoms. The molecule has 0 atom stereocenters. The van der Waals surface area contributed by atoms with E-state index < -0.39 is 0 Å². The van der Waals surface area contributed by atoms with Gasteiger partial charge in [0.2, 0.25) is 5.96 Å². The summed E-state index contributed by atoms with van der Waals surface area (Å²) in [6, 6.07) is 18.0. The van der Waals surface area contributed by atoms with Gasteiger partial charge in [-0.25, -0.2) is 10.8 Å². The zero-order valence-corrected chi connectivity index (χ0v) is 10.9. The van der Waals surface area contributed by atoms with Crippen molar-refractivity contribution in [3.63, 3.8) is 0 Å². The molecule has 4 heteroatoms. The summed E-state index contributed by atoms with van der Waals surface area (Å²) in [7, 11) is 0. The quantitative estimate of drug-likeness (QED) is 0.341. The van der Waals surface area contributed by atoms with Gasteiger partial charge in [0.25, 0.3) is 0 Å². The lowest BCUT2D eigenvalue weighted by atomic mass is 10.1. The van der Waals surface area contributed by atoms with E-state index in [1.54, 1.807) is 0 Å². The van der Waals surface area contributed by atoms with Gasteiger partial charge in [0.1, 0.15) is 0 Å². The van der Waals surface area contributed by atoms with E-state index in [4.69, 9.17) is 5.84 Å². The fourth-order valence-electron chi connectivity index (χ4n) is 1.73. The zero-order valence-electron chi connectivity index (χ0n) is 10.9. The first-order chi connectivity index (χ1) is 9.29. The van der Waals surface area contributed by atoms with Crippen LogP contribution in [0.15, 0.2) is 59.6 Å². The second kappa shape index (κ2) is 6.56. The van der Waals surface area contributed by atoms with Gasteiger partial charge >= 0.3 is 0 Å².